The van der Waals surface area contributed by atoms with Crippen LogP contribution in [-0.2, 0) is 28.7 Å². The first-order valence-corrected chi connectivity index (χ1v) is 14.0. The second-order valence-electron chi connectivity index (χ2n) is 8.91. The molecule has 4 amide bonds. The molecule has 0 radical (unpaired) electrons. The minimum absolute atomic E-state index is 0.0466. The van der Waals surface area contributed by atoms with Gasteiger partial charge in [-0.1, -0.05) is 61.4 Å². The lowest BCUT2D eigenvalue weighted by Gasteiger charge is -2.28. The third kappa shape index (κ3) is 8.60. The summed E-state index contributed by atoms with van der Waals surface area (Å²) < 4.78 is 5.62. The van der Waals surface area contributed by atoms with Gasteiger partial charge in [0.1, 0.15) is 29.9 Å². The van der Waals surface area contributed by atoms with Crippen molar-refractivity contribution < 1.29 is 28.7 Å². The number of allylic oxidation sites excluding steroid dienone is 1. The maximum Gasteiger partial charge on any atom is 0.329 e. The largest absolute Gasteiger partial charge is 0.456 e. The zero-order valence-electron chi connectivity index (χ0n) is 20.6. The van der Waals surface area contributed by atoms with Gasteiger partial charge in [0.25, 0.3) is 5.91 Å². The van der Waals surface area contributed by atoms with Crippen LogP contribution in [0.25, 0.3) is 0 Å². The van der Waals surface area contributed by atoms with Gasteiger partial charge < -0.3 is 26.0 Å². The number of ether oxygens (including phenoxy) is 1. The molecule has 10 nitrogen and oxygen atoms in total. The Morgan fingerprint density at radius 1 is 0.943 bits per heavy atom. The maximum atomic E-state index is 13.1. The molecular formula is C23H34N4O6S2. The average Bonchev–Trinajstić information content (AvgIpc) is 2.78. The van der Waals surface area contributed by atoms with Gasteiger partial charge in [-0.05, 0) is 24.8 Å². The molecule has 3 aliphatic rings. The van der Waals surface area contributed by atoms with E-state index in [1.54, 1.807) is 46.8 Å². The molecule has 0 aromatic heterocycles. The van der Waals surface area contributed by atoms with Crippen molar-refractivity contribution >= 4 is 51.2 Å². The standard InChI is InChI=1S/C23H34N4O6S2/c1-6-15-20(29)27-19(13(4)5)23(32)33-14-8-7-9-34-35-11-16(21(30)24-15)25-22(31)18(12(2)3)26-17(28)10-14/h6-8,12-14,16,18-19H,9-11H2,1-5H3,(H,24,30)(H,25,31)(H,26,28)(H,27,29)/b8-7-,15-6-/t14-,16-,18-,19+/m1/s1. The Morgan fingerprint density at radius 2 is 1.63 bits per heavy atom. The Balaban J connectivity index is 2.55. The van der Waals surface area contributed by atoms with Crippen molar-refractivity contribution in [2.24, 2.45) is 11.8 Å². The van der Waals surface area contributed by atoms with Crippen LogP contribution >= 0.6 is 21.6 Å². The first-order chi connectivity index (χ1) is 16.5. The fraction of sp³-hybridized carbons (Fsp3) is 0.609. The van der Waals surface area contributed by atoms with E-state index in [-0.39, 0.29) is 29.7 Å². The molecule has 3 heterocycles. The Hall–Kier alpha value is -2.47. The first-order valence-electron chi connectivity index (χ1n) is 11.5. The van der Waals surface area contributed by atoms with E-state index in [0.29, 0.717) is 5.75 Å². The summed E-state index contributed by atoms with van der Waals surface area (Å²) in [6, 6.07) is -2.86. The molecule has 4 atom stereocenters. The van der Waals surface area contributed by atoms with E-state index in [4.69, 9.17) is 4.74 Å². The smallest absolute Gasteiger partial charge is 0.329 e. The molecule has 1 fully saturated rings. The fourth-order valence-electron chi connectivity index (χ4n) is 3.37. The second-order valence-corrected chi connectivity index (χ2v) is 11.5. The number of rotatable bonds is 2. The van der Waals surface area contributed by atoms with E-state index in [2.05, 4.69) is 21.3 Å². The summed E-state index contributed by atoms with van der Waals surface area (Å²) >= 11 is 0. The van der Waals surface area contributed by atoms with Crippen LogP contribution in [0.5, 0.6) is 0 Å². The zero-order valence-corrected chi connectivity index (χ0v) is 22.2. The Morgan fingerprint density at radius 3 is 2.26 bits per heavy atom. The van der Waals surface area contributed by atoms with Gasteiger partial charge in [0.15, 0.2) is 0 Å². The molecule has 0 spiro atoms. The number of fused-ring (bicyclic) bond motifs is 16. The number of carbonyl (C=O) groups excluding carboxylic acids is 5. The highest BCUT2D eigenvalue weighted by Crippen LogP contribution is 2.23. The lowest BCUT2D eigenvalue weighted by molar-refractivity contribution is -0.153. The number of esters is 1. The normalized spacial score (nSPS) is 29.8. The predicted molar refractivity (Wildman–Crippen MR) is 136 cm³/mol. The highest BCUT2D eigenvalue weighted by molar-refractivity contribution is 8.76. The number of hydrogen-bond donors (Lipinski definition) is 4. The summed E-state index contributed by atoms with van der Waals surface area (Å²) in [7, 11) is 2.82. The summed E-state index contributed by atoms with van der Waals surface area (Å²) in [6.45, 7) is 8.64. The first kappa shape index (κ1) is 28.8. The second kappa shape index (κ2) is 13.6. The third-order valence-corrected chi connectivity index (χ3v) is 7.67. The summed E-state index contributed by atoms with van der Waals surface area (Å²) in [5.74, 6) is -2.75. The molecule has 0 aromatic carbocycles. The van der Waals surface area contributed by atoms with Crippen LogP contribution in [0.1, 0.15) is 41.0 Å². The van der Waals surface area contributed by atoms with Crippen LogP contribution < -0.4 is 21.3 Å². The molecule has 0 aromatic rings. The van der Waals surface area contributed by atoms with E-state index in [0.717, 1.165) is 0 Å². The van der Waals surface area contributed by atoms with Crippen LogP contribution in [0.3, 0.4) is 0 Å². The molecule has 194 valence electrons. The van der Waals surface area contributed by atoms with Gasteiger partial charge in [-0.2, -0.15) is 0 Å². The molecule has 35 heavy (non-hydrogen) atoms. The van der Waals surface area contributed by atoms with Gasteiger partial charge >= 0.3 is 5.97 Å². The van der Waals surface area contributed by atoms with Gasteiger partial charge in [0.2, 0.25) is 17.7 Å². The van der Waals surface area contributed by atoms with E-state index in [1.165, 1.54) is 27.7 Å². The van der Waals surface area contributed by atoms with Crippen LogP contribution in [0.15, 0.2) is 23.9 Å². The molecule has 0 unspecified atom stereocenters. The highest BCUT2D eigenvalue weighted by Gasteiger charge is 2.33. The van der Waals surface area contributed by atoms with Gasteiger partial charge in [-0.25, -0.2) is 4.79 Å². The Labute approximate surface area is 213 Å². The predicted octanol–water partition coefficient (Wildman–Crippen LogP) is 1.04. The molecular weight excluding hydrogens is 492 g/mol. The zero-order chi connectivity index (χ0) is 26.1. The third-order valence-electron chi connectivity index (χ3n) is 5.38. The number of nitrogens with one attached hydrogen (secondary N) is 4. The summed E-state index contributed by atoms with van der Waals surface area (Å²) in [5, 5.41) is 10.6. The van der Waals surface area contributed by atoms with Crippen LogP contribution in [0.4, 0.5) is 0 Å². The Kier molecular flexibility index (Phi) is 11.2. The van der Waals surface area contributed by atoms with E-state index in [9.17, 15) is 24.0 Å². The van der Waals surface area contributed by atoms with E-state index < -0.39 is 53.8 Å². The lowest BCUT2D eigenvalue weighted by atomic mass is 10.0. The van der Waals surface area contributed by atoms with E-state index in [1.807, 2.05) is 0 Å². The highest BCUT2D eigenvalue weighted by atomic mass is 33.1. The van der Waals surface area contributed by atoms with Gasteiger partial charge in [0.05, 0.1) is 6.42 Å². The minimum atomic E-state index is -1.00. The topological polar surface area (TPSA) is 143 Å². The molecule has 3 rings (SSSR count). The molecule has 3 aliphatic heterocycles. The summed E-state index contributed by atoms with van der Waals surface area (Å²) in [5.41, 5.74) is -0.0466. The molecule has 1 saturated heterocycles. The van der Waals surface area contributed by atoms with Crippen LogP contribution in [0.2, 0.25) is 0 Å². The average molecular weight is 527 g/mol. The number of carbonyl (C=O) groups is 5. The number of amides is 4. The van der Waals surface area contributed by atoms with Crippen LogP contribution in [-0.4, -0.2) is 65.3 Å². The van der Waals surface area contributed by atoms with Crippen molar-refractivity contribution in [2.75, 3.05) is 11.5 Å². The van der Waals surface area contributed by atoms with Crippen molar-refractivity contribution in [1.82, 2.24) is 21.3 Å². The fourth-order valence-corrected chi connectivity index (χ4v) is 5.35. The van der Waals surface area contributed by atoms with Gasteiger partial charge in [0, 0.05) is 11.5 Å². The summed E-state index contributed by atoms with van der Waals surface area (Å²) in [4.78, 5) is 64.9. The van der Waals surface area contributed by atoms with Gasteiger partial charge in [-0.3, -0.25) is 19.2 Å². The molecule has 12 heteroatoms. The van der Waals surface area contributed by atoms with Crippen molar-refractivity contribution in [1.29, 1.82) is 0 Å². The van der Waals surface area contributed by atoms with E-state index >= 15 is 0 Å². The van der Waals surface area contributed by atoms with Crippen molar-refractivity contribution in [2.45, 2.75) is 65.3 Å². The minimum Gasteiger partial charge on any atom is -0.456 e. The molecule has 2 bridgehead atoms. The van der Waals surface area contributed by atoms with Gasteiger partial charge in [-0.15, -0.1) is 0 Å². The maximum absolute atomic E-state index is 13.1. The monoisotopic (exact) mass is 526 g/mol. The van der Waals surface area contributed by atoms with Crippen molar-refractivity contribution in [3.8, 4) is 0 Å². The quantitative estimate of drug-likeness (QED) is 0.137. The van der Waals surface area contributed by atoms with Crippen LogP contribution in [0, 0.1) is 11.8 Å². The molecule has 4 N–H and O–H groups in total. The molecule has 0 aliphatic carbocycles. The SMILES string of the molecule is C/C=C1\NC(=O)[C@H]2CSSC/C=C\[C@H](CC(=O)N[C@H](C(C)C)C(=O)N2)OC(=O)[C@H](C(C)C)NC1=O. The lowest BCUT2D eigenvalue weighted by Crippen LogP contribution is -2.57. The Bertz CT molecular complexity index is 889. The molecule has 0 saturated carbocycles. The number of hydrogen-bond acceptors (Lipinski definition) is 8. The summed E-state index contributed by atoms with van der Waals surface area (Å²) in [6.07, 6.45) is 3.76. The van der Waals surface area contributed by atoms with Crippen molar-refractivity contribution in [3.05, 3.63) is 23.9 Å². The van der Waals surface area contributed by atoms with Crippen molar-refractivity contribution in [3.63, 3.8) is 0 Å².